The molecule has 124 valence electrons. The quantitative estimate of drug-likeness (QED) is 0.747. The van der Waals surface area contributed by atoms with Gasteiger partial charge in [0.1, 0.15) is 0 Å². The molecule has 0 aliphatic carbocycles. The molecule has 0 aromatic heterocycles. The highest BCUT2D eigenvalue weighted by Gasteiger charge is 2.06. The van der Waals surface area contributed by atoms with E-state index in [4.69, 9.17) is 5.73 Å². The van der Waals surface area contributed by atoms with E-state index in [1.54, 1.807) is 48.5 Å². The molecule has 0 bridgehead atoms. The summed E-state index contributed by atoms with van der Waals surface area (Å²) in [6.45, 7) is 2.24. The van der Waals surface area contributed by atoms with E-state index < -0.39 is 5.91 Å². The van der Waals surface area contributed by atoms with Gasteiger partial charge in [0.15, 0.2) is 0 Å². The number of nitrogens with one attached hydrogen (secondary N) is 2. The van der Waals surface area contributed by atoms with Gasteiger partial charge in [0.25, 0.3) is 5.91 Å². The predicted octanol–water partition coefficient (Wildman–Crippen LogP) is 1.35. The van der Waals surface area contributed by atoms with E-state index in [0.29, 0.717) is 24.2 Å². The third-order valence-electron chi connectivity index (χ3n) is 3.45. The molecule has 0 fully saturated rings. The molecule has 2 aromatic rings. The van der Waals surface area contributed by atoms with Crippen LogP contribution in [-0.2, 0) is 17.9 Å². The van der Waals surface area contributed by atoms with Crippen LogP contribution in [0.1, 0.15) is 38.8 Å². The Kier molecular flexibility index (Phi) is 5.68. The smallest absolute Gasteiger partial charge is 0.251 e. The van der Waals surface area contributed by atoms with E-state index in [1.807, 2.05) is 0 Å². The maximum atomic E-state index is 12.1. The molecule has 6 nitrogen and oxygen atoms in total. The monoisotopic (exact) mass is 325 g/mol. The average Bonchev–Trinajstić information content (AvgIpc) is 2.58. The van der Waals surface area contributed by atoms with Gasteiger partial charge < -0.3 is 16.4 Å². The summed E-state index contributed by atoms with van der Waals surface area (Å²) in [4.78, 5) is 34.0. The largest absolute Gasteiger partial charge is 0.366 e. The third-order valence-corrected chi connectivity index (χ3v) is 3.45. The summed E-state index contributed by atoms with van der Waals surface area (Å²) in [5.74, 6) is -0.774. The molecule has 0 heterocycles. The first kappa shape index (κ1) is 17.2. The lowest BCUT2D eigenvalue weighted by atomic mass is 10.1. The van der Waals surface area contributed by atoms with Gasteiger partial charge in [-0.05, 0) is 35.4 Å². The van der Waals surface area contributed by atoms with Crippen LogP contribution in [0.2, 0.25) is 0 Å². The van der Waals surface area contributed by atoms with Crippen molar-refractivity contribution in [1.82, 2.24) is 10.6 Å². The average molecular weight is 325 g/mol. The molecule has 0 spiro atoms. The van der Waals surface area contributed by atoms with Crippen molar-refractivity contribution in [1.29, 1.82) is 0 Å². The summed E-state index contributed by atoms with van der Waals surface area (Å²) in [6.07, 6.45) is 0. The Morgan fingerprint density at radius 1 is 0.792 bits per heavy atom. The molecular formula is C18H19N3O3. The second-order valence-electron chi connectivity index (χ2n) is 5.35. The summed E-state index contributed by atoms with van der Waals surface area (Å²) in [5, 5.41) is 5.51. The molecule has 6 heteroatoms. The van der Waals surface area contributed by atoms with Crippen LogP contribution in [-0.4, -0.2) is 17.7 Å². The molecule has 0 saturated carbocycles. The number of benzene rings is 2. The normalized spacial score (nSPS) is 10.0. The van der Waals surface area contributed by atoms with Crippen LogP contribution in [0, 0.1) is 0 Å². The molecule has 0 radical (unpaired) electrons. The van der Waals surface area contributed by atoms with Gasteiger partial charge in [0.05, 0.1) is 0 Å². The molecule has 0 atom stereocenters. The fourth-order valence-electron chi connectivity index (χ4n) is 2.07. The molecule has 0 unspecified atom stereocenters. The van der Waals surface area contributed by atoms with Gasteiger partial charge in [-0.1, -0.05) is 24.3 Å². The Bertz CT molecular complexity index is 737. The van der Waals surface area contributed by atoms with Crippen LogP contribution >= 0.6 is 0 Å². The molecule has 2 aromatic carbocycles. The molecule has 2 rings (SSSR count). The molecule has 24 heavy (non-hydrogen) atoms. The zero-order valence-electron chi connectivity index (χ0n) is 13.3. The molecule has 0 aliphatic rings. The number of amides is 3. The second-order valence-corrected chi connectivity index (χ2v) is 5.35. The molecule has 4 N–H and O–H groups in total. The van der Waals surface area contributed by atoms with Crippen molar-refractivity contribution in [2.75, 3.05) is 0 Å². The highest BCUT2D eigenvalue weighted by Crippen LogP contribution is 2.06. The number of primary amides is 1. The van der Waals surface area contributed by atoms with Gasteiger partial charge in [-0.3, -0.25) is 14.4 Å². The second kappa shape index (κ2) is 7.92. The van der Waals surface area contributed by atoms with Gasteiger partial charge >= 0.3 is 0 Å². The van der Waals surface area contributed by atoms with Gasteiger partial charge in [0.2, 0.25) is 11.8 Å². The van der Waals surface area contributed by atoms with Gasteiger partial charge in [-0.15, -0.1) is 0 Å². The number of hydrogen-bond donors (Lipinski definition) is 3. The molecular weight excluding hydrogens is 306 g/mol. The van der Waals surface area contributed by atoms with E-state index in [2.05, 4.69) is 10.6 Å². The first-order valence-corrected chi connectivity index (χ1v) is 7.46. The lowest BCUT2D eigenvalue weighted by Crippen LogP contribution is -2.23. The van der Waals surface area contributed by atoms with Crippen molar-refractivity contribution in [3.63, 3.8) is 0 Å². The van der Waals surface area contributed by atoms with Crippen LogP contribution in [0.4, 0.5) is 0 Å². The lowest BCUT2D eigenvalue weighted by molar-refractivity contribution is -0.119. The third kappa shape index (κ3) is 4.95. The molecule has 0 aliphatic heterocycles. The van der Waals surface area contributed by atoms with Crippen LogP contribution in [0.5, 0.6) is 0 Å². The zero-order chi connectivity index (χ0) is 17.5. The van der Waals surface area contributed by atoms with Crippen molar-refractivity contribution in [3.05, 3.63) is 70.8 Å². The highest BCUT2D eigenvalue weighted by atomic mass is 16.2. The van der Waals surface area contributed by atoms with Gasteiger partial charge in [-0.2, -0.15) is 0 Å². The topological polar surface area (TPSA) is 101 Å². The Morgan fingerprint density at radius 3 is 1.71 bits per heavy atom. The fourth-order valence-corrected chi connectivity index (χ4v) is 2.07. The highest BCUT2D eigenvalue weighted by molar-refractivity contribution is 5.94. The molecule has 3 amide bonds. The summed E-state index contributed by atoms with van der Waals surface area (Å²) < 4.78 is 0. The number of carbonyl (C=O) groups is 3. The summed E-state index contributed by atoms with van der Waals surface area (Å²) in [6, 6.07) is 13.8. The standard InChI is InChI=1S/C18H19N3O3/c1-12(22)20-10-13-4-8-16(9-5-13)18(24)21-11-14-2-6-15(7-3-14)17(19)23/h2-9H,10-11H2,1H3,(H2,19,23)(H,20,22)(H,21,24). The number of nitrogens with two attached hydrogens (primary N) is 1. The van der Waals surface area contributed by atoms with E-state index in [1.165, 1.54) is 6.92 Å². The maximum Gasteiger partial charge on any atom is 0.251 e. The van der Waals surface area contributed by atoms with E-state index >= 15 is 0 Å². The Labute approximate surface area is 140 Å². The first-order chi connectivity index (χ1) is 11.5. The zero-order valence-corrected chi connectivity index (χ0v) is 13.3. The van der Waals surface area contributed by atoms with E-state index in [-0.39, 0.29) is 11.8 Å². The fraction of sp³-hybridized carbons (Fsp3) is 0.167. The summed E-state index contributed by atoms with van der Waals surface area (Å²) >= 11 is 0. The van der Waals surface area contributed by atoms with Gasteiger partial charge in [0, 0.05) is 31.1 Å². The van der Waals surface area contributed by atoms with E-state index in [9.17, 15) is 14.4 Å². The first-order valence-electron chi connectivity index (χ1n) is 7.46. The minimum Gasteiger partial charge on any atom is -0.366 e. The predicted molar refractivity (Wildman–Crippen MR) is 90.1 cm³/mol. The van der Waals surface area contributed by atoms with Crippen molar-refractivity contribution < 1.29 is 14.4 Å². The van der Waals surface area contributed by atoms with Crippen molar-refractivity contribution in [3.8, 4) is 0 Å². The van der Waals surface area contributed by atoms with Crippen LogP contribution in [0.15, 0.2) is 48.5 Å². The SMILES string of the molecule is CC(=O)NCc1ccc(C(=O)NCc2ccc(C(N)=O)cc2)cc1. The van der Waals surface area contributed by atoms with Crippen LogP contribution in [0.3, 0.4) is 0 Å². The number of rotatable bonds is 6. The van der Waals surface area contributed by atoms with Crippen molar-refractivity contribution in [2.24, 2.45) is 5.73 Å². The van der Waals surface area contributed by atoms with Gasteiger partial charge in [-0.25, -0.2) is 0 Å². The molecule has 0 saturated heterocycles. The summed E-state index contributed by atoms with van der Waals surface area (Å²) in [7, 11) is 0. The van der Waals surface area contributed by atoms with Crippen LogP contribution in [0.25, 0.3) is 0 Å². The Hall–Kier alpha value is -3.15. The Morgan fingerprint density at radius 2 is 1.25 bits per heavy atom. The number of hydrogen-bond acceptors (Lipinski definition) is 3. The minimum absolute atomic E-state index is 0.0980. The van der Waals surface area contributed by atoms with E-state index in [0.717, 1.165) is 11.1 Å². The maximum absolute atomic E-state index is 12.1. The van der Waals surface area contributed by atoms with Crippen molar-refractivity contribution >= 4 is 17.7 Å². The number of carbonyl (C=O) groups excluding carboxylic acids is 3. The van der Waals surface area contributed by atoms with Crippen LogP contribution < -0.4 is 16.4 Å². The summed E-state index contributed by atoms with van der Waals surface area (Å²) in [5.41, 5.74) is 7.94. The minimum atomic E-state index is -0.482. The Balaban J connectivity index is 1.90. The van der Waals surface area contributed by atoms with Crippen molar-refractivity contribution in [2.45, 2.75) is 20.0 Å². The lowest BCUT2D eigenvalue weighted by Gasteiger charge is -2.07.